The van der Waals surface area contributed by atoms with Crippen LogP contribution in [-0.2, 0) is 4.79 Å². The van der Waals surface area contributed by atoms with Crippen molar-refractivity contribution in [1.29, 1.82) is 0 Å². The summed E-state index contributed by atoms with van der Waals surface area (Å²) in [4.78, 5) is 10.5. The van der Waals surface area contributed by atoms with Gasteiger partial charge in [0.05, 0.1) is 0 Å². The van der Waals surface area contributed by atoms with E-state index in [9.17, 15) is 4.79 Å². The Labute approximate surface area is 112 Å². The fraction of sp³-hybridized carbons (Fsp3) is 0.933. The van der Waals surface area contributed by atoms with E-state index in [1.807, 2.05) is 0 Å². The zero-order valence-electron chi connectivity index (χ0n) is 12.2. The molecule has 0 aliphatic carbocycles. The standard InChI is InChI=1S/C15H31NO2/c1-3-4-5-6-7-8-9-10-11-12-13-16-14(2)15(17)18/h14,16H,3-13H2,1-2H3,(H,17,18)/t14-/m1/s1. The van der Waals surface area contributed by atoms with E-state index in [1.54, 1.807) is 6.92 Å². The summed E-state index contributed by atoms with van der Waals surface area (Å²) in [5, 5.41) is 11.7. The van der Waals surface area contributed by atoms with Gasteiger partial charge in [0.15, 0.2) is 0 Å². The maximum atomic E-state index is 10.5. The third-order valence-electron chi connectivity index (χ3n) is 3.35. The number of carbonyl (C=O) groups is 1. The van der Waals surface area contributed by atoms with E-state index in [0.717, 1.165) is 13.0 Å². The second-order valence-corrected chi connectivity index (χ2v) is 5.20. The van der Waals surface area contributed by atoms with Crippen molar-refractivity contribution in [3.05, 3.63) is 0 Å². The van der Waals surface area contributed by atoms with Gasteiger partial charge < -0.3 is 10.4 Å². The van der Waals surface area contributed by atoms with Gasteiger partial charge >= 0.3 is 5.97 Å². The van der Waals surface area contributed by atoms with Crippen LogP contribution in [0.4, 0.5) is 0 Å². The molecule has 2 N–H and O–H groups in total. The van der Waals surface area contributed by atoms with Gasteiger partial charge in [-0.05, 0) is 19.9 Å². The van der Waals surface area contributed by atoms with E-state index in [2.05, 4.69) is 12.2 Å². The highest BCUT2D eigenvalue weighted by atomic mass is 16.4. The molecule has 0 aromatic heterocycles. The van der Waals surface area contributed by atoms with Crippen LogP contribution in [0.1, 0.15) is 78.1 Å². The summed E-state index contributed by atoms with van der Waals surface area (Å²) in [6.45, 7) is 4.77. The Morgan fingerprint density at radius 3 is 1.83 bits per heavy atom. The number of aliphatic carboxylic acids is 1. The Morgan fingerprint density at radius 1 is 0.944 bits per heavy atom. The maximum absolute atomic E-state index is 10.5. The first kappa shape index (κ1) is 17.4. The van der Waals surface area contributed by atoms with Crippen molar-refractivity contribution in [1.82, 2.24) is 5.32 Å². The van der Waals surface area contributed by atoms with Gasteiger partial charge in [-0.2, -0.15) is 0 Å². The summed E-state index contributed by atoms with van der Waals surface area (Å²) >= 11 is 0. The zero-order valence-corrected chi connectivity index (χ0v) is 12.2. The first-order valence-corrected chi connectivity index (χ1v) is 7.64. The van der Waals surface area contributed by atoms with Crippen molar-refractivity contribution in [3.8, 4) is 0 Å². The molecule has 108 valence electrons. The van der Waals surface area contributed by atoms with E-state index in [0.29, 0.717) is 0 Å². The molecule has 0 aliphatic heterocycles. The zero-order chi connectivity index (χ0) is 13.6. The fourth-order valence-electron chi connectivity index (χ4n) is 2.02. The highest BCUT2D eigenvalue weighted by Gasteiger charge is 2.07. The van der Waals surface area contributed by atoms with Crippen molar-refractivity contribution >= 4 is 5.97 Å². The topological polar surface area (TPSA) is 49.3 Å². The van der Waals surface area contributed by atoms with E-state index in [4.69, 9.17) is 5.11 Å². The summed E-state index contributed by atoms with van der Waals surface area (Å²) in [5.74, 6) is -0.762. The molecule has 0 aliphatic rings. The highest BCUT2D eigenvalue weighted by molar-refractivity contribution is 5.72. The van der Waals surface area contributed by atoms with Crippen molar-refractivity contribution in [2.24, 2.45) is 0 Å². The molecule has 0 amide bonds. The lowest BCUT2D eigenvalue weighted by molar-refractivity contribution is -0.138. The number of hydrogen-bond acceptors (Lipinski definition) is 2. The molecule has 0 spiro atoms. The Morgan fingerprint density at radius 2 is 1.39 bits per heavy atom. The largest absolute Gasteiger partial charge is 0.480 e. The molecule has 0 radical (unpaired) electrons. The second-order valence-electron chi connectivity index (χ2n) is 5.20. The number of carboxylic acid groups (broad SMARTS) is 1. The molecule has 0 saturated carbocycles. The van der Waals surface area contributed by atoms with Crippen molar-refractivity contribution in [2.75, 3.05) is 6.54 Å². The number of rotatable bonds is 13. The molecule has 0 aromatic carbocycles. The molecule has 0 unspecified atom stereocenters. The molecule has 0 saturated heterocycles. The third kappa shape index (κ3) is 11.9. The van der Waals surface area contributed by atoms with E-state index < -0.39 is 12.0 Å². The molecule has 0 heterocycles. The average molecular weight is 257 g/mol. The molecule has 0 rings (SSSR count). The molecule has 3 heteroatoms. The van der Waals surface area contributed by atoms with Crippen molar-refractivity contribution in [3.63, 3.8) is 0 Å². The van der Waals surface area contributed by atoms with Crippen LogP contribution in [-0.4, -0.2) is 23.7 Å². The van der Waals surface area contributed by atoms with E-state index in [-0.39, 0.29) is 0 Å². The summed E-state index contributed by atoms with van der Waals surface area (Å²) < 4.78 is 0. The Bertz CT molecular complexity index is 195. The quantitative estimate of drug-likeness (QED) is 0.491. The number of nitrogens with one attached hydrogen (secondary N) is 1. The predicted octanol–water partition coefficient (Wildman–Crippen LogP) is 3.97. The average Bonchev–Trinajstić information content (AvgIpc) is 2.35. The van der Waals surface area contributed by atoms with Crippen LogP contribution in [0, 0.1) is 0 Å². The van der Waals surface area contributed by atoms with Crippen LogP contribution in [0.3, 0.4) is 0 Å². The molecule has 0 bridgehead atoms. The minimum absolute atomic E-state index is 0.413. The summed E-state index contributed by atoms with van der Waals surface area (Å²) in [6.07, 6.45) is 13.2. The summed E-state index contributed by atoms with van der Waals surface area (Å²) in [5.41, 5.74) is 0. The monoisotopic (exact) mass is 257 g/mol. The Balaban J connectivity index is 3.05. The molecule has 0 fully saturated rings. The van der Waals surface area contributed by atoms with Crippen LogP contribution in [0.2, 0.25) is 0 Å². The molecular weight excluding hydrogens is 226 g/mol. The van der Waals surface area contributed by atoms with Crippen molar-refractivity contribution < 1.29 is 9.90 Å². The molecule has 0 aromatic rings. The smallest absolute Gasteiger partial charge is 0.320 e. The first-order valence-electron chi connectivity index (χ1n) is 7.64. The van der Waals surface area contributed by atoms with Gasteiger partial charge in [0.25, 0.3) is 0 Å². The lowest BCUT2D eigenvalue weighted by Crippen LogP contribution is -2.34. The van der Waals surface area contributed by atoms with E-state index in [1.165, 1.54) is 57.8 Å². The molecule has 3 nitrogen and oxygen atoms in total. The van der Waals surface area contributed by atoms with Gasteiger partial charge in [0, 0.05) is 0 Å². The minimum atomic E-state index is -0.762. The highest BCUT2D eigenvalue weighted by Crippen LogP contribution is 2.10. The van der Waals surface area contributed by atoms with Crippen LogP contribution in [0.5, 0.6) is 0 Å². The SMILES string of the molecule is CCCCCCCCCCCCN[C@H](C)C(=O)O. The van der Waals surface area contributed by atoms with Crippen LogP contribution >= 0.6 is 0 Å². The summed E-state index contributed by atoms with van der Waals surface area (Å²) in [6, 6.07) is -0.413. The second kappa shape index (κ2) is 12.9. The van der Waals surface area contributed by atoms with Gasteiger partial charge in [0.1, 0.15) is 6.04 Å². The van der Waals surface area contributed by atoms with Crippen molar-refractivity contribution in [2.45, 2.75) is 84.1 Å². The normalized spacial score (nSPS) is 12.6. The van der Waals surface area contributed by atoms with Crippen LogP contribution in [0.25, 0.3) is 0 Å². The summed E-state index contributed by atoms with van der Waals surface area (Å²) in [7, 11) is 0. The van der Waals surface area contributed by atoms with Gasteiger partial charge in [-0.25, -0.2) is 0 Å². The minimum Gasteiger partial charge on any atom is -0.480 e. The number of unbranched alkanes of at least 4 members (excludes halogenated alkanes) is 9. The lowest BCUT2D eigenvalue weighted by atomic mass is 10.1. The first-order chi connectivity index (χ1) is 8.68. The van der Waals surface area contributed by atoms with Gasteiger partial charge in [-0.15, -0.1) is 0 Å². The Kier molecular flexibility index (Phi) is 12.5. The molecule has 18 heavy (non-hydrogen) atoms. The maximum Gasteiger partial charge on any atom is 0.320 e. The molecule has 1 atom stereocenters. The van der Waals surface area contributed by atoms with Gasteiger partial charge in [-0.3, -0.25) is 4.79 Å². The van der Waals surface area contributed by atoms with Crippen LogP contribution < -0.4 is 5.32 Å². The molecular formula is C15H31NO2. The third-order valence-corrected chi connectivity index (χ3v) is 3.35. The Hall–Kier alpha value is -0.570. The predicted molar refractivity (Wildman–Crippen MR) is 76.9 cm³/mol. The number of hydrogen-bond donors (Lipinski definition) is 2. The fourth-order valence-corrected chi connectivity index (χ4v) is 2.02. The number of carboxylic acids is 1. The van der Waals surface area contributed by atoms with Crippen LogP contribution in [0.15, 0.2) is 0 Å². The van der Waals surface area contributed by atoms with E-state index >= 15 is 0 Å². The lowest BCUT2D eigenvalue weighted by Gasteiger charge is -2.08. The van der Waals surface area contributed by atoms with Gasteiger partial charge in [0.2, 0.25) is 0 Å². The van der Waals surface area contributed by atoms with Gasteiger partial charge in [-0.1, -0.05) is 64.7 Å².